The first kappa shape index (κ1) is 23.4. The lowest BCUT2D eigenvalue weighted by Crippen LogP contribution is -2.31. The molecule has 4 N–H and O–H groups in total. The van der Waals surface area contributed by atoms with Crippen LogP contribution in [0, 0.1) is 0 Å². The predicted molar refractivity (Wildman–Crippen MR) is 121 cm³/mol. The van der Waals surface area contributed by atoms with Gasteiger partial charge in [-0.1, -0.05) is 37.1 Å². The molecule has 0 aromatic heterocycles. The quantitative estimate of drug-likeness (QED) is 0.311. The molecule has 0 saturated heterocycles. The van der Waals surface area contributed by atoms with E-state index in [1.165, 1.54) is 0 Å². The number of hydroxylamine groups is 1. The number of para-hydroxylation sites is 2. The van der Waals surface area contributed by atoms with Crippen LogP contribution in [-0.2, 0) is 20.7 Å². The van der Waals surface area contributed by atoms with E-state index in [0.29, 0.717) is 42.8 Å². The highest BCUT2D eigenvalue weighted by molar-refractivity contribution is 6.07. The van der Waals surface area contributed by atoms with Gasteiger partial charge in [0, 0.05) is 18.6 Å². The zero-order chi connectivity index (χ0) is 22.8. The number of hydrogen-bond acceptors (Lipinski definition) is 5. The van der Waals surface area contributed by atoms with Crippen molar-refractivity contribution in [1.29, 1.82) is 0 Å². The minimum atomic E-state index is -0.639. The Morgan fingerprint density at radius 2 is 1.81 bits per heavy atom. The Morgan fingerprint density at radius 1 is 1.03 bits per heavy atom. The van der Waals surface area contributed by atoms with Gasteiger partial charge in [0.1, 0.15) is 6.10 Å². The lowest BCUT2D eigenvalue weighted by molar-refractivity contribution is -0.129. The van der Waals surface area contributed by atoms with Gasteiger partial charge in [-0.05, 0) is 55.5 Å². The van der Waals surface area contributed by atoms with E-state index in [-0.39, 0.29) is 18.2 Å². The summed E-state index contributed by atoms with van der Waals surface area (Å²) in [6, 6.07) is 14.5. The fourth-order valence-electron chi connectivity index (χ4n) is 3.62. The standard InChI is InChI=1S/C24H29N3O5/c28-22(27-31)14-3-1-2-13-21-24(30)26-20-12-5-4-11-19(20)25-23(29)18-10-6-8-17(16-18)9-7-15-32-21/h4-6,8,10-12,16,21,31H,1-3,7,9,13-15H2,(H,25,29)(H,26,30)(H,27,28). The number of rotatable bonds is 6. The third-order valence-corrected chi connectivity index (χ3v) is 5.34. The number of unbranched alkanes of at least 4 members (excludes halogenated alkanes) is 2. The van der Waals surface area contributed by atoms with Crippen molar-refractivity contribution in [3.05, 3.63) is 59.7 Å². The van der Waals surface area contributed by atoms with Crippen LogP contribution in [0.1, 0.15) is 54.4 Å². The second-order valence-electron chi connectivity index (χ2n) is 7.79. The van der Waals surface area contributed by atoms with E-state index in [0.717, 1.165) is 24.8 Å². The van der Waals surface area contributed by atoms with Gasteiger partial charge in [-0.15, -0.1) is 0 Å². The van der Waals surface area contributed by atoms with Crippen LogP contribution < -0.4 is 16.1 Å². The highest BCUT2D eigenvalue weighted by Crippen LogP contribution is 2.23. The fourth-order valence-corrected chi connectivity index (χ4v) is 3.62. The molecule has 2 aromatic rings. The number of aryl methyl sites for hydroxylation is 1. The van der Waals surface area contributed by atoms with Crippen molar-refractivity contribution in [2.45, 2.75) is 51.0 Å². The highest BCUT2D eigenvalue weighted by atomic mass is 16.5. The molecule has 3 rings (SSSR count). The monoisotopic (exact) mass is 439 g/mol. The Balaban J connectivity index is 1.72. The zero-order valence-corrected chi connectivity index (χ0v) is 17.9. The van der Waals surface area contributed by atoms with Gasteiger partial charge < -0.3 is 15.4 Å². The molecule has 0 saturated carbocycles. The average molecular weight is 440 g/mol. The van der Waals surface area contributed by atoms with E-state index in [4.69, 9.17) is 9.94 Å². The molecule has 1 aliphatic rings. The van der Waals surface area contributed by atoms with E-state index in [1.54, 1.807) is 35.8 Å². The summed E-state index contributed by atoms with van der Waals surface area (Å²) in [7, 11) is 0. The van der Waals surface area contributed by atoms with Gasteiger partial charge in [-0.2, -0.15) is 0 Å². The van der Waals surface area contributed by atoms with E-state index in [2.05, 4.69) is 10.6 Å². The molecule has 1 heterocycles. The largest absolute Gasteiger partial charge is 0.368 e. The van der Waals surface area contributed by atoms with Crippen LogP contribution in [-0.4, -0.2) is 35.6 Å². The first-order chi connectivity index (χ1) is 15.6. The molecule has 1 unspecified atom stereocenters. The number of carbonyl (C=O) groups excluding carboxylic acids is 3. The SMILES string of the molecule is O=C(CCCCCC1OCCCc2cccc(c2)C(=O)Nc2ccccc2NC1=O)NO. The minimum Gasteiger partial charge on any atom is -0.368 e. The smallest absolute Gasteiger partial charge is 0.255 e. The maximum absolute atomic E-state index is 13.0. The second kappa shape index (κ2) is 12.0. The van der Waals surface area contributed by atoms with Crippen molar-refractivity contribution < 1.29 is 24.3 Å². The summed E-state index contributed by atoms with van der Waals surface area (Å²) in [5.74, 6) is -0.916. The summed E-state index contributed by atoms with van der Waals surface area (Å²) in [5.41, 5.74) is 4.24. The molecule has 170 valence electrons. The molecule has 0 spiro atoms. The maximum Gasteiger partial charge on any atom is 0.255 e. The number of anilines is 2. The van der Waals surface area contributed by atoms with Gasteiger partial charge in [0.05, 0.1) is 11.4 Å². The van der Waals surface area contributed by atoms with E-state index in [9.17, 15) is 14.4 Å². The van der Waals surface area contributed by atoms with Gasteiger partial charge in [0.15, 0.2) is 0 Å². The molecule has 1 atom stereocenters. The van der Waals surface area contributed by atoms with Crippen LogP contribution in [0.5, 0.6) is 0 Å². The van der Waals surface area contributed by atoms with Crippen LogP contribution in [0.3, 0.4) is 0 Å². The Kier molecular flexibility index (Phi) is 8.77. The average Bonchev–Trinajstić information content (AvgIpc) is 2.80. The number of carbonyl (C=O) groups is 3. The number of fused-ring (bicyclic) bond motifs is 3. The Labute approximate surface area is 187 Å². The van der Waals surface area contributed by atoms with Crippen LogP contribution in [0.25, 0.3) is 0 Å². The molecule has 32 heavy (non-hydrogen) atoms. The lowest BCUT2D eigenvalue weighted by atomic mass is 10.1. The third kappa shape index (κ3) is 6.90. The third-order valence-electron chi connectivity index (χ3n) is 5.34. The molecular formula is C24H29N3O5. The molecule has 8 nitrogen and oxygen atoms in total. The molecule has 8 heteroatoms. The van der Waals surface area contributed by atoms with E-state index >= 15 is 0 Å². The Bertz CT molecular complexity index is 947. The summed E-state index contributed by atoms with van der Waals surface area (Å²) >= 11 is 0. The maximum atomic E-state index is 13.0. The number of ether oxygens (including phenoxy) is 1. The molecule has 0 fully saturated rings. The zero-order valence-electron chi connectivity index (χ0n) is 17.9. The molecule has 0 radical (unpaired) electrons. The summed E-state index contributed by atoms with van der Waals surface area (Å²) < 4.78 is 5.94. The summed E-state index contributed by atoms with van der Waals surface area (Å²) in [6.45, 7) is 0.420. The summed E-state index contributed by atoms with van der Waals surface area (Å²) in [5, 5.41) is 14.3. The first-order valence-corrected chi connectivity index (χ1v) is 10.9. The second-order valence-corrected chi connectivity index (χ2v) is 7.79. The van der Waals surface area contributed by atoms with Crippen molar-refractivity contribution >= 4 is 29.1 Å². The summed E-state index contributed by atoms with van der Waals surface area (Å²) in [4.78, 5) is 36.8. The van der Waals surface area contributed by atoms with Crippen LogP contribution in [0.2, 0.25) is 0 Å². The van der Waals surface area contributed by atoms with Crippen molar-refractivity contribution in [2.24, 2.45) is 0 Å². The first-order valence-electron chi connectivity index (χ1n) is 10.9. The van der Waals surface area contributed by atoms with Crippen molar-refractivity contribution in [1.82, 2.24) is 5.48 Å². The molecule has 3 amide bonds. The molecule has 0 aliphatic carbocycles. The van der Waals surface area contributed by atoms with Gasteiger partial charge >= 0.3 is 0 Å². The number of hydrogen-bond donors (Lipinski definition) is 4. The molecule has 1 aliphatic heterocycles. The summed E-state index contributed by atoms with van der Waals surface area (Å²) in [6.07, 6.45) is 3.63. The van der Waals surface area contributed by atoms with Gasteiger partial charge in [-0.25, -0.2) is 5.48 Å². The van der Waals surface area contributed by atoms with Gasteiger partial charge in [0.2, 0.25) is 5.91 Å². The van der Waals surface area contributed by atoms with Crippen LogP contribution in [0.15, 0.2) is 48.5 Å². The fraction of sp³-hybridized carbons (Fsp3) is 0.375. The lowest BCUT2D eigenvalue weighted by Gasteiger charge is -2.20. The van der Waals surface area contributed by atoms with Crippen molar-refractivity contribution in [2.75, 3.05) is 17.2 Å². The molecule has 2 bridgehead atoms. The number of nitrogens with one attached hydrogen (secondary N) is 3. The predicted octanol–water partition coefficient (Wildman–Crippen LogP) is 3.66. The van der Waals surface area contributed by atoms with Gasteiger partial charge in [0.25, 0.3) is 11.8 Å². The van der Waals surface area contributed by atoms with Gasteiger partial charge in [-0.3, -0.25) is 19.6 Å². The number of amides is 3. The normalized spacial score (nSPS) is 16.8. The molecule has 2 aromatic carbocycles. The number of benzene rings is 2. The van der Waals surface area contributed by atoms with E-state index in [1.807, 2.05) is 18.2 Å². The molecular weight excluding hydrogens is 410 g/mol. The Morgan fingerprint density at radius 3 is 2.59 bits per heavy atom. The van der Waals surface area contributed by atoms with Crippen LogP contribution >= 0.6 is 0 Å². The topological polar surface area (TPSA) is 117 Å². The Hall–Kier alpha value is -3.23. The van der Waals surface area contributed by atoms with E-state index < -0.39 is 12.0 Å². The van der Waals surface area contributed by atoms with Crippen molar-refractivity contribution in [3.8, 4) is 0 Å². The van der Waals surface area contributed by atoms with Crippen LogP contribution in [0.4, 0.5) is 11.4 Å². The minimum absolute atomic E-state index is 0.231. The van der Waals surface area contributed by atoms with Crippen molar-refractivity contribution in [3.63, 3.8) is 0 Å². The highest BCUT2D eigenvalue weighted by Gasteiger charge is 2.21.